The van der Waals surface area contributed by atoms with Crippen molar-refractivity contribution in [2.24, 2.45) is 0 Å². The van der Waals surface area contributed by atoms with Crippen molar-refractivity contribution in [2.45, 2.75) is 19.1 Å². The van der Waals surface area contributed by atoms with Crippen molar-refractivity contribution >= 4 is 5.69 Å². The zero-order valence-electron chi connectivity index (χ0n) is 7.22. The van der Waals surface area contributed by atoms with Crippen molar-refractivity contribution < 1.29 is 13.2 Å². The van der Waals surface area contributed by atoms with Crippen molar-refractivity contribution in [3.63, 3.8) is 0 Å². The van der Waals surface area contributed by atoms with Gasteiger partial charge < -0.3 is 5.32 Å². The largest absolute Gasteiger partial charge is 0.408 e. The summed E-state index contributed by atoms with van der Waals surface area (Å²) in [5.74, 6) is 0. The maximum absolute atomic E-state index is 12.1. The minimum absolute atomic E-state index is 0.0403. The van der Waals surface area contributed by atoms with Crippen LogP contribution in [0.25, 0.3) is 0 Å². The lowest BCUT2D eigenvalue weighted by molar-refractivity contribution is -0.138. The summed E-state index contributed by atoms with van der Waals surface area (Å²) in [7, 11) is 0. The molecule has 1 heterocycles. The van der Waals surface area contributed by atoms with Crippen LogP contribution in [-0.4, -0.2) is 22.4 Å². The van der Waals surface area contributed by atoms with Gasteiger partial charge >= 0.3 is 6.18 Å². The summed E-state index contributed by atoms with van der Waals surface area (Å²) in [6.45, 7) is 0.960. The average molecular weight is 207 g/mol. The lowest BCUT2D eigenvalue weighted by Crippen LogP contribution is -2.33. The molecule has 4 nitrogen and oxygen atoms in total. The van der Waals surface area contributed by atoms with Gasteiger partial charge in [-0.25, -0.2) is 5.10 Å². The van der Waals surface area contributed by atoms with E-state index in [1.54, 1.807) is 0 Å². The van der Waals surface area contributed by atoms with Crippen LogP contribution in [0, 0.1) is 0 Å². The molecule has 1 unspecified atom stereocenters. The highest BCUT2D eigenvalue weighted by Crippen LogP contribution is 2.22. The molecule has 0 amide bonds. The Kier molecular flexibility index (Phi) is 2.78. The average Bonchev–Trinajstić information content (AvgIpc) is 2.02. The summed E-state index contributed by atoms with van der Waals surface area (Å²) in [5, 5.41) is 7.52. The normalized spacial score (nSPS) is 13.7. The minimum Gasteiger partial charge on any atom is -0.373 e. The van der Waals surface area contributed by atoms with Crippen LogP contribution >= 0.6 is 0 Å². The number of aromatic nitrogens is 2. The van der Waals surface area contributed by atoms with Crippen LogP contribution in [0.4, 0.5) is 18.9 Å². The third-order valence-electron chi connectivity index (χ3n) is 1.54. The van der Waals surface area contributed by atoms with Gasteiger partial charge in [-0.3, -0.25) is 4.79 Å². The number of aromatic amines is 1. The molecule has 0 bridgehead atoms. The third kappa shape index (κ3) is 2.75. The first-order chi connectivity index (χ1) is 6.39. The second-order valence-corrected chi connectivity index (χ2v) is 2.74. The number of hydrogen-bond acceptors (Lipinski definition) is 3. The molecule has 1 aromatic heterocycles. The van der Waals surface area contributed by atoms with Gasteiger partial charge in [0, 0.05) is 6.07 Å². The number of H-pyrrole nitrogens is 1. The van der Waals surface area contributed by atoms with Gasteiger partial charge in [0.05, 0.1) is 11.9 Å². The second-order valence-electron chi connectivity index (χ2n) is 2.74. The summed E-state index contributed by atoms with van der Waals surface area (Å²) in [5.41, 5.74) is -0.511. The Hall–Kier alpha value is -1.53. The fraction of sp³-hybridized carbons (Fsp3) is 0.429. The topological polar surface area (TPSA) is 57.8 Å². The van der Waals surface area contributed by atoms with Crippen LogP contribution in [0.2, 0.25) is 0 Å². The molecule has 1 aromatic rings. The highest BCUT2D eigenvalue weighted by atomic mass is 19.4. The van der Waals surface area contributed by atoms with Crippen molar-refractivity contribution in [1.82, 2.24) is 10.2 Å². The fourth-order valence-corrected chi connectivity index (χ4v) is 0.787. The van der Waals surface area contributed by atoms with Crippen LogP contribution in [0.3, 0.4) is 0 Å². The predicted octanol–water partition coefficient (Wildman–Crippen LogP) is 1.13. The summed E-state index contributed by atoms with van der Waals surface area (Å²) in [6, 6.07) is -0.707. The maximum atomic E-state index is 12.1. The van der Waals surface area contributed by atoms with E-state index in [0.29, 0.717) is 0 Å². The predicted molar refractivity (Wildman–Crippen MR) is 44.0 cm³/mol. The number of alkyl halides is 3. The number of rotatable bonds is 2. The van der Waals surface area contributed by atoms with E-state index >= 15 is 0 Å². The Labute approximate surface area is 77.1 Å². The van der Waals surface area contributed by atoms with Crippen molar-refractivity contribution in [2.75, 3.05) is 5.32 Å². The molecule has 0 saturated heterocycles. The first-order valence-electron chi connectivity index (χ1n) is 3.77. The second kappa shape index (κ2) is 3.69. The molecule has 0 fully saturated rings. The fourth-order valence-electron chi connectivity index (χ4n) is 0.787. The minimum atomic E-state index is -4.34. The van der Waals surface area contributed by atoms with Crippen molar-refractivity contribution in [3.05, 3.63) is 22.6 Å². The Morgan fingerprint density at radius 1 is 1.57 bits per heavy atom. The van der Waals surface area contributed by atoms with E-state index in [9.17, 15) is 18.0 Å². The zero-order valence-corrected chi connectivity index (χ0v) is 7.22. The number of nitrogens with zero attached hydrogens (tertiary/aromatic N) is 1. The van der Waals surface area contributed by atoms with Gasteiger partial charge in [0.15, 0.2) is 0 Å². The lowest BCUT2D eigenvalue weighted by atomic mass is 10.3. The Morgan fingerprint density at radius 3 is 2.71 bits per heavy atom. The molecule has 14 heavy (non-hydrogen) atoms. The molecule has 0 aliphatic carbocycles. The number of halogens is 3. The van der Waals surface area contributed by atoms with Gasteiger partial charge in [0.2, 0.25) is 0 Å². The van der Waals surface area contributed by atoms with Gasteiger partial charge in [-0.2, -0.15) is 18.3 Å². The summed E-state index contributed by atoms with van der Waals surface area (Å²) in [4.78, 5) is 10.7. The van der Waals surface area contributed by atoms with Crippen LogP contribution in [-0.2, 0) is 0 Å². The van der Waals surface area contributed by atoms with Gasteiger partial charge in [0.25, 0.3) is 5.56 Å². The Balaban J connectivity index is 2.75. The first kappa shape index (κ1) is 10.6. The molecular weight excluding hydrogens is 199 g/mol. The van der Waals surface area contributed by atoms with Crippen LogP contribution in [0.5, 0.6) is 0 Å². The Morgan fingerprint density at radius 2 is 2.21 bits per heavy atom. The van der Waals surface area contributed by atoms with E-state index in [1.165, 1.54) is 0 Å². The highest BCUT2D eigenvalue weighted by Gasteiger charge is 2.35. The molecule has 0 saturated carbocycles. The molecule has 0 spiro atoms. The summed E-state index contributed by atoms with van der Waals surface area (Å²) >= 11 is 0. The number of anilines is 1. The van der Waals surface area contributed by atoms with E-state index in [4.69, 9.17) is 0 Å². The smallest absolute Gasteiger partial charge is 0.373 e. The van der Waals surface area contributed by atoms with Crippen LogP contribution in [0.1, 0.15) is 6.92 Å². The van der Waals surface area contributed by atoms with Crippen molar-refractivity contribution in [3.8, 4) is 0 Å². The molecular formula is C7H8F3N3O. The molecule has 1 atom stereocenters. The lowest BCUT2D eigenvalue weighted by Gasteiger charge is -2.17. The van der Waals surface area contributed by atoms with Crippen LogP contribution in [0.15, 0.2) is 17.1 Å². The van der Waals surface area contributed by atoms with E-state index in [0.717, 1.165) is 19.2 Å². The van der Waals surface area contributed by atoms with E-state index in [2.05, 4.69) is 15.5 Å². The van der Waals surface area contributed by atoms with Gasteiger partial charge in [-0.05, 0) is 6.92 Å². The van der Waals surface area contributed by atoms with Crippen LogP contribution < -0.4 is 10.9 Å². The highest BCUT2D eigenvalue weighted by molar-refractivity contribution is 5.39. The quantitative estimate of drug-likeness (QED) is 0.764. The molecule has 7 heteroatoms. The SMILES string of the molecule is CC(Nc1cn[nH]c(=O)c1)C(F)(F)F. The molecule has 0 aliphatic rings. The van der Waals surface area contributed by atoms with Gasteiger partial charge in [-0.15, -0.1) is 0 Å². The summed E-state index contributed by atoms with van der Waals surface area (Å²) < 4.78 is 36.2. The van der Waals surface area contributed by atoms with E-state index < -0.39 is 17.8 Å². The molecule has 0 aromatic carbocycles. The molecule has 0 aliphatic heterocycles. The summed E-state index contributed by atoms with van der Waals surface area (Å²) in [6.07, 6.45) is -3.23. The van der Waals surface area contributed by atoms with Gasteiger partial charge in [0.1, 0.15) is 6.04 Å². The standard InChI is InChI=1S/C7H8F3N3O/c1-4(7(8,9)10)12-5-2-6(14)13-11-3-5/h2-4H,1H3,(H2,12,13,14). The molecule has 2 N–H and O–H groups in total. The van der Waals surface area contributed by atoms with Crippen molar-refractivity contribution in [1.29, 1.82) is 0 Å². The number of hydrogen-bond donors (Lipinski definition) is 2. The van der Waals surface area contributed by atoms with E-state index in [-0.39, 0.29) is 5.69 Å². The first-order valence-corrected chi connectivity index (χ1v) is 3.77. The number of nitrogens with one attached hydrogen (secondary N) is 2. The molecule has 78 valence electrons. The Bertz CT molecular complexity index is 360. The van der Waals surface area contributed by atoms with Gasteiger partial charge in [-0.1, -0.05) is 0 Å². The zero-order chi connectivity index (χ0) is 10.8. The van der Waals surface area contributed by atoms with E-state index in [1.807, 2.05) is 0 Å². The molecule has 0 radical (unpaired) electrons. The third-order valence-corrected chi connectivity index (χ3v) is 1.54. The maximum Gasteiger partial charge on any atom is 0.408 e. The molecule has 1 rings (SSSR count). The monoisotopic (exact) mass is 207 g/mol.